The minimum Gasteiger partial charge on any atom is -0.271 e. The molecular formula is C12H15Cl2N5. The van der Waals surface area contributed by atoms with Crippen LogP contribution >= 0.6 is 23.2 Å². The number of nitrogens with one attached hydrogen (secondary N) is 1. The highest BCUT2D eigenvalue weighted by atomic mass is 35.5. The Labute approximate surface area is 121 Å². The van der Waals surface area contributed by atoms with Crippen LogP contribution in [0.3, 0.4) is 0 Å². The van der Waals surface area contributed by atoms with E-state index in [1.807, 2.05) is 20.0 Å². The second kappa shape index (κ2) is 5.88. The van der Waals surface area contributed by atoms with E-state index >= 15 is 0 Å². The number of rotatable bonds is 4. The van der Waals surface area contributed by atoms with Crippen molar-refractivity contribution in [2.75, 3.05) is 0 Å². The van der Waals surface area contributed by atoms with Crippen LogP contribution in [0.1, 0.15) is 22.9 Å². The van der Waals surface area contributed by atoms with E-state index in [1.165, 1.54) is 0 Å². The van der Waals surface area contributed by atoms with E-state index in [9.17, 15) is 0 Å². The van der Waals surface area contributed by atoms with Crippen molar-refractivity contribution in [3.05, 3.63) is 45.5 Å². The standard InChI is InChI=1S/C12H15Cl2N5/c1-7-9(12(14)19(2)18-7)5-10(17-15)8-3-4-11(13)16-6-8/h3-4,6,10,17H,5,15H2,1-2H3. The van der Waals surface area contributed by atoms with Gasteiger partial charge >= 0.3 is 0 Å². The lowest BCUT2D eigenvalue weighted by molar-refractivity contribution is 0.549. The van der Waals surface area contributed by atoms with Gasteiger partial charge in [-0.3, -0.25) is 16.0 Å². The Morgan fingerprint density at radius 1 is 1.42 bits per heavy atom. The Bertz CT molecular complexity index is 564. The molecule has 2 rings (SSSR count). The summed E-state index contributed by atoms with van der Waals surface area (Å²) in [4.78, 5) is 4.06. The summed E-state index contributed by atoms with van der Waals surface area (Å²) in [7, 11) is 1.81. The summed E-state index contributed by atoms with van der Waals surface area (Å²) in [6.07, 6.45) is 2.34. The van der Waals surface area contributed by atoms with Crippen LogP contribution in [-0.2, 0) is 13.5 Å². The maximum Gasteiger partial charge on any atom is 0.130 e. The number of hydrogen-bond acceptors (Lipinski definition) is 4. The molecule has 0 aliphatic heterocycles. The first-order valence-electron chi connectivity index (χ1n) is 5.78. The summed E-state index contributed by atoms with van der Waals surface area (Å²) in [5.41, 5.74) is 5.59. The molecule has 0 bridgehead atoms. The SMILES string of the molecule is Cc1nn(C)c(Cl)c1CC(NN)c1ccc(Cl)nc1. The topological polar surface area (TPSA) is 68.8 Å². The van der Waals surface area contributed by atoms with E-state index < -0.39 is 0 Å². The Kier molecular flexibility index (Phi) is 4.42. The van der Waals surface area contributed by atoms with Gasteiger partial charge in [0.1, 0.15) is 10.3 Å². The Morgan fingerprint density at radius 3 is 2.63 bits per heavy atom. The van der Waals surface area contributed by atoms with Crippen LogP contribution in [-0.4, -0.2) is 14.8 Å². The van der Waals surface area contributed by atoms with Crippen molar-refractivity contribution in [2.45, 2.75) is 19.4 Å². The van der Waals surface area contributed by atoms with Gasteiger partial charge in [0.15, 0.2) is 0 Å². The molecule has 0 aromatic carbocycles. The molecule has 0 amide bonds. The van der Waals surface area contributed by atoms with Gasteiger partial charge in [-0.2, -0.15) is 5.10 Å². The van der Waals surface area contributed by atoms with Crippen LogP contribution in [0.25, 0.3) is 0 Å². The van der Waals surface area contributed by atoms with E-state index in [2.05, 4.69) is 15.5 Å². The third kappa shape index (κ3) is 3.06. The molecule has 102 valence electrons. The fourth-order valence-corrected chi connectivity index (χ4v) is 2.34. The molecule has 1 unspecified atom stereocenters. The number of nitrogens with zero attached hydrogens (tertiary/aromatic N) is 3. The van der Waals surface area contributed by atoms with E-state index in [-0.39, 0.29) is 6.04 Å². The summed E-state index contributed by atoms with van der Waals surface area (Å²) in [5.74, 6) is 5.62. The first-order chi connectivity index (χ1) is 9.02. The number of hydrazine groups is 1. The molecule has 0 saturated carbocycles. The van der Waals surface area contributed by atoms with Gasteiger partial charge in [-0.15, -0.1) is 0 Å². The highest BCUT2D eigenvalue weighted by Gasteiger charge is 2.18. The molecule has 0 fully saturated rings. The maximum absolute atomic E-state index is 6.22. The van der Waals surface area contributed by atoms with Crippen LogP contribution in [0.15, 0.2) is 18.3 Å². The zero-order chi connectivity index (χ0) is 14.0. The number of pyridine rings is 1. The van der Waals surface area contributed by atoms with Crippen molar-refractivity contribution in [1.82, 2.24) is 20.2 Å². The van der Waals surface area contributed by atoms with Crippen molar-refractivity contribution < 1.29 is 0 Å². The summed E-state index contributed by atoms with van der Waals surface area (Å²) in [5, 5.41) is 5.36. The van der Waals surface area contributed by atoms with E-state index in [1.54, 1.807) is 16.9 Å². The molecule has 0 saturated heterocycles. The second-order valence-corrected chi connectivity index (χ2v) is 5.06. The van der Waals surface area contributed by atoms with Crippen molar-refractivity contribution in [2.24, 2.45) is 12.9 Å². The van der Waals surface area contributed by atoms with Gasteiger partial charge in [-0.05, 0) is 25.0 Å². The zero-order valence-corrected chi connectivity index (χ0v) is 12.2. The molecule has 7 heteroatoms. The third-order valence-corrected chi connectivity index (χ3v) is 3.73. The minimum atomic E-state index is -0.0924. The van der Waals surface area contributed by atoms with Crippen LogP contribution < -0.4 is 11.3 Å². The number of aromatic nitrogens is 3. The Morgan fingerprint density at radius 2 is 2.16 bits per heavy atom. The number of nitrogens with two attached hydrogens (primary N) is 1. The normalized spacial score (nSPS) is 12.7. The molecule has 2 heterocycles. The molecule has 2 aromatic heterocycles. The Hall–Kier alpha value is -1.14. The van der Waals surface area contributed by atoms with E-state index in [4.69, 9.17) is 29.0 Å². The highest BCUT2D eigenvalue weighted by molar-refractivity contribution is 6.30. The fourth-order valence-electron chi connectivity index (χ4n) is 1.98. The van der Waals surface area contributed by atoms with Crippen LogP contribution in [0.5, 0.6) is 0 Å². The lowest BCUT2D eigenvalue weighted by atomic mass is 10.0. The average Bonchev–Trinajstić information content (AvgIpc) is 2.63. The fraction of sp³-hybridized carbons (Fsp3) is 0.333. The molecule has 0 spiro atoms. The zero-order valence-electron chi connectivity index (χ0n) is 10.7. The average molecular weight is 300 g/mol. The smallest absolute Gasteiger partial charge is 0.130 e. The predicted molar refractivity (Wildman–Crippen MR) is 76.0 cm³/mol. The molecular weight excluding hydrogens is 285 g/mol. The number of aryl methyl sites for hydroxylation is 2. The first-order valence-corrected chi connectivity index (χ1v) is 6.54. The summed E-state index contributed by atoms with van der Waals surface area (Å²) in [6.45, 7) is 1.93. The van der Waals surface area contributed by atoms with Gasteiger partial charge in [0.25, 0.3) is 0 Å². The molecule has 5 nitrogen and oxygen atoms in total. The summed E-state index contributed by atoms with van der Waals surface area (Å²) in [6, 6.07) is 3.53. The maximum atomic E-state index is 6.22. The second-order valence-electron chi connectivity index (χ2n) is 4.32. The van der Waals surface area contributed by atoms with E-state index in [0.29, 0.717) is 16.7 Å². The van der Waals surface area contributed by atoms with Gasteiger partial charge < -0.3 is 0 Å². The molecule has 19 heavy (non-hydrogen) atoms. The van der Waals surface area contributed by atoms with Crippen LogP contribution in [0.2, 0.25) is 10.3 Å². The van der Waals surface area contributed by atoms with Gasteiger partial charge in [0.05, 0.1) is 11.7 Å². The monoisotopic (exact) mass is 299 g/mol. The quantitative estimate of drug-likeness (QED) is 0.516. The van der Waals surface area contributed by atoms with Crippen molar-refractivity contribution in [3.8, 4) is 0 Å². The first kappa shape index (κ1) is 14.3. The molecule has 3 N–H and O–H groups in total. The predicted octanol–water partition coefficient (Wildman–Crippen LogP) is 2.18. The molecule has 0 aliphatic carbocycles. The van der Waals surface area contributed by atoms with Crippen LogP contribution in [0.4, 0.5) is 0 Å². The van der Waals surface area contributed by atoms with Gasteiger partial charge in [0, 0.05) is 18.8 Å². The largest absolute Gasteiger partial charge is 0.271 e. The summed E-state index contributed by atoms with van der Waals surface area (Å²) >= 11 is 12.0. The Balaban J connectivity index is 2.26. The van der Waals surface area contributed by atoms with Gasteiger partial charge in [-0.25, -0.2) is 4.98 Å². The minimum absolute atomic E-state index is 0.0924. The number of halogens is 2. The third-order valence-electron chi connectivity index (χ3n) is 3.03. The van der Waals surface area contributed by atoms with E-state index in [0.717, 1.165) is 16.8 Å². The van der Waals surface area contributed by atoms with Crippen molar-refractivity contribution in [1.29, 1.82) is 0 Å². The molecule has 0 radical (unpaired) electrons. The number of hydrogen-bond donors (Lipinski definition) is 2. The lowest BCUT2D eigenvalue weighted by Crippen LogP contribution is -2.29. The molecule has 0 aliphatic rings. The highest BCUT2D eigenvalue weighted by Crippen LogP contribution is 2.25. The van der Waals surface area contributed by atoms with Crippen molar-refractivity contribution in [3.63, 3.8) is 0 Å². The molecule has 2 aromatic rings. The lowest BCUT2D eigenvalue weighted by Gasteiger charge is -2.16. The van der Waals surface area contributed by atoms with Gasteiger partial charge in [-0.1, -0.05) is 29.3 Å². The van der Waals surface area contributed by atoms with Crippen molar-refractivity contribution >= 4 is 23.2 Å². The summed E-state index contributed by atoms with van der Waals surface area (Å²) < 4.78 is 1.65. The molecule has 1 atom stereocenters. The van der Waals surface area contributed by atoms with Crippen LogP contribution in [0, 0.1) is 6.92 Å². The van der Waals surface area contributed by atoms with Gasteiger partial charge in [0.2, 0.25) is 0 Å².